The Morgan fingerprint density at radius 1 is 1.24 bits per heavy atom. The number of carbonyl (C=O) groups is 1. The Morgan fingerprint density at radius 3 is 3.00 bits per heavy atom. The first-order valence-corrected chi connectivity index (χ1v) is 8.23. The summed E-state index contributed by atoms with van der Waals surface area (Å²) in [5, 5.41) is 4.55. The highest BCUT2D eigenvalue weighted by atomic mass is 79.9. The van der Waals surface area contributed by atoms with Crippen molar-refractivity contribution < 1.29 is 9.21 Å². The maximum absolute atomic E-state index is 12.7. The zero-order valence-corrected chi connectivity index (χ0v) is 13.2. The fourth-order valence-electron chi connectivity index (χ4n) is 3.40. The van der Waals surface area contributed by atoms with Crippen molar-refractivity contribution in [2.45, 2.75) is 31.3 Å². The summed E-state index contributed by atoms with van der Waals surface area (Å²) in [5.41, 5.74) is 0.760. The number of benzene rings is 1. The summed E-state index contributed by atoms with van der Waals surface area (Å²) in [6.45, 7) is 1.60. The van der Waals surface area contributed by atoms with Gasteiger partial charge in [-0.15, -0.1) is 0 Å². The number of carbonyl (C=O) groups excluding carboxylic acids is 1. The predicted molar refractivity (Wildman–Crippen MR) is 84.4 cm³/mol. The van der Waals surface area contributed by atoms with Crippen LogP contribution in [0.2, 0.25) is 0 Å². The maximum atomic E-state index is 12.7. The second kappa shape index (κ2) is 5.14. The lowest BCUT2D eigenvalue weighted by Crippen LogP contribution is -2.38. The fourth-order valence-corrected chi connectivity index (χ4v) is 3.78. The highest BCUT2D eigenvalue weighted by Crippen LogP contribution is 2.26. The molecule has 110 valence electrons. The van der Waals surface area contributed by atoms with Gasteiger partial charge in [0, 0.05) is 35.0 Å². The molecule has 1 amide bonds. The topological polar surface area (TPSA) is 45.5 Å². The van der Waals surface area contributed by atoms with Gasteiger partial charge in [0.15, 0.2) is 5.76 Å². The Labute approximate surface area is 131 Å². The van der Waals surface area contributed by atoms with Crippen molar-refractivity contribution in [3.05, 3.63) is 34.5 Å². The molecule has 0 spiro atoms. The summed E-state index contributed by atoms with van der Waals surface area (Å²) in [7, 11) is 0. The number of nitrogens with one attached hydrogen (secondary N) is 1. The summed E-state index contributed by atoms with van der Waals surface area (Å²) in [6.07, 6.45) is 3.45. The molecule has 2 aliphatic heterocycles. The SMILES string of the molecule is O=C(c1cc2cc(Br)ccc2o1)N1CCC2CCC(C1)N2. The first-order chi connectivity index (χ1) is 10.2. The van der Waals surface area contributed by atoms with E-state index in [-0.39, 0.29) is 5.91 Å². The zero-order chi connectivity index (χ0) is 14.4. The van der Waals surface area contributed by atoms with E-state index in [2.05, 4.69) is 21.2 Å². The van der Waals surface area contributed by atoms with E-state index < -0.39 is 0 Å². The summed E-state index contributed by atoms with van der Waals surface area (Å²) in [5.74, 6) is 0.456. The van der Waals surface area contributed by atoms with E-state index in [1.54, 1.807) is 0 Å². The summed E-state index contributed by atoms with van der Waals surface area (Å²) < 4.78 is 6.72. The predicted octanol–water partition coefficient (Wildman–Crippen LogP) is 3.16. The molecule has 0 radical (unpaired) electrons. The van der Waals surface area contributed by atoms with Crippen molar-refractivity contribution in [2.75, 3.05) is 13.1 Å². The molecule has 21 heavy (non-hydrogen) atoms. The Balaban J connectivity index is 1.60. The van der Waals surface area contributed by atoms with Crippen LogP contribution in [0.15, 0.2) is 33.2 Å². The summed E-state index contributed by atoms with van der Waals surface area (Å²) >= 11 is 3.44. The lowest BCUT2D eigenvalue weighted by atomic mass is 10.1. The number of nitrogens with zero attached hydrogens (tertiary/aromatic N) is 1. The quantitative estimate of drug-likeness (QED) is 0.860. The van der Waals surface area contributed by atoms with Crippen LogP contribution in [0.3, 0.4) is 0 Å². The highest BCUT2D eigenvalue weighted by Gasteiger charge is 2.32. The number of halogens is 1. The number of hydrogen-bond acceptors (Lipinski definition) is 3. The van der Waals surface area contributed by atoms with Crippen LogP contribution < -0.4 is 5.32 Å². The molecule has 2 unspecified atom stereocenters. The van der Waals surface area contributed by atoms with E-state index in [0.29, 0.717) is 17.8 Å². The van der Waals surface area contributed by atoms with Crippen molar-refractivity contribution in [1.29, 1.82) is 0 Å². The van der Waals surface area contributed by atoms with Crippen LogP contribution in [0.5, 0.6) is 0 Å². The third-order valence-electron chi connectivity index (χ3n) is 4.50. The maximum Gasteiger partial charge on any atom is 0.289 e. The third-order valence-corrected chi connectivity index (χ3v) is 4.99. The average molecular weight is 349 g/mol. The first kappa shape index (κ1) is 13.3. The molecular formula is C16H17BrN2O2. The molecule has 0 saturated carbocycles. The van der Waals surface area contributed by atoms with Crippen molar-refractivity contribution in [2.24, 2.45) is 0 Å². The highest BCUT2D eigenvalue weighted by molar-refractivity contribution is 9.10. The number of rotatable bonds is 1. The Hall–Kier alpha value is -1.33. The third kappa shape index (κ3) is 2.49. The minimum absolute atomic E-state index is 0.0108. The molecule has 2 aliphatic rings. The lowest BCUT2D eigenvalue weighted by Gasteiger charge is -2.23. The van der Waals surface area contributed by atoms with E-state index in [1.165, 1.54) is 12.8 Å². The van der Waals surface area contributed by atoms with Crippen LogP contribution in [0.4, 0.5) is 0 Å². The van der Waals surface area contributed by atoms with Gasteiger partial charge in [0.1, 0.15) is 5.58 Å². The number of furan rings is 1. The van der Waals surface area contributed by atoms with Crippen molar-refractivity contribution in [3.8, 4) is 0 Å². The lowest BCUT2D eigenvalue weighted by molar-refractivity contribution is 0.0718. The van der Waals surface area contributed by atoms with Crippen LogP contribution >= 0.6 is 15.9 Å². The average Bonchev–Trinajstić information content (AvgIpc) is 3.01. The van der Waals surface area contributed by atoms with Gasteiger partial charge in [-0.1, -0.05) is 15.9 Å². The molecule has 1 aromatic heterocycles. The van der Waals surface area contributed by atoms with Crippen LogP contribution in [0.25, 0.3) is 11.0 Å². The van der Waals surface area contributed by atoms with Gasteiger partial charge in [0.2, 0.25) is 0 Å². The molecule has 4 rings (SSSR count). The number of amides is 1. The minimum atomic E-state index is 0.0108. The first-order valence-electron chi connectivity index (χ1n) is 7.43. The van der Waals surface area contributed by atoms with Gasteiger partial charge in [0.05, 0.1) is 0 Å². The molecule has 2 bridgehead atoms. The van der Waals surface area contributed by atoms with Crippen molar-refractivity contribution in [1.82, 2.24) is 10.2 Å². The Morgan fingerprint density at radius 2 is 2.10 bits per heavy atom. The molecule has 2 atom stereocenters. The minimum Gasteiger partial charge on any atom is -0.451 e. The molecule has 5 heteroatoms. The van der Waals surface area contributed by atoms with Crippen LogP contribution in [0, 0.1) is 0 Å². The van der Waals surface area contributed by atoms with E-state index in [4.69, 9.17) is 4.42 Å². The molecule has 0 aliphatic carbocycles. The van der Waals surface area contributed by atoms with Crippen LogP contribution in [0.1, 0.15) is 29.8 Å². The molecule has 1 N–H and O–H groups in total. The van der Waals surface area contributed by atoms with Gasteiger partial charge in [-0.3, -0.25) is 4.79 Å². The van der Waals surface area contributed by atoms with Crippen LogP contribution in [-0.2, 0) is 0 Å². The number of likely N-dealkylation sites (tertiary alicyclic amines) is 1. The second-order valence-electron chi connectivity index (χ2n) is 5.97. The van der Waals surface area contributed by atoms with E-state index in [9.17, 15) is 4.79 Å². The molecule has 2 aromatic rings. The van der Waals surface area contributed by atoms with Gasteiger partial charge >= 0.3 is 0 Å². The normalized spacial score (nSPS) is 25.3. The molecule has 2 fully saturated rings. The van der Waals surface area contributed by atoms with E-state index >= 15 is 0 Å². The van der Waals surface area contributed by atoms with Gasteiger partial charge in [-0.2, -0.15) is 0 Å². The monoisotopic (exact) mass is 348 g/mol. The molecule has 4 nitrogen and oxygen atoms in total. The number of fused-ring (bicyclic) bond motifs is 3. The fraction of sp³-hybridized carbons (Fsp3) is 0.438. The Bertz CT molecular complexity index is 697. The zero-order valence-electron chi connectivity index (χ0n) is 11.6. The van der Waals surface area contributed by atoms with E-state index in [1.807, 2.05) is 29.2 Å². The Kier molecular flexibility index (Phi) is 3.27. The summed E-state index contributed by atoms with van der Waals surface area (Å²) in [4.78, 5) is 14.6. The smallest absolute Gasteiger partial charge is 0.289 e. The van der Waals surface area contributed by atoms with Crippen LogP contribution in [-0.4, -0.2) is 36.0 Å². The standard InChI is InChI=1S/C16H17BrN2O2/c17-11-1-4-14-10(7-11)8-15(21-14)16(20)19-6-5-12-2-3-13(9-19)18-12/h1,4,7-8,12-13,18H,2-3,5-6,9H2. The molecule has 2 saturated heterocycles. The van der Waals surface area contributed by atoms with E-state index in [0.717, 1.165) is 35.0 Å². The molecule has 3 heterocycles. The van der Waals surface area contributed by atoms with Crippen molar-refractivity contribution >= 4 is 32.8 Å². The van der Waals surface area contributed by atoms with Gasteiger partial charge in [0.25, 0.3) is 5.91 Å². The van der Waals surface area contributed by atoms with Gasteiger partial charge < -0.3 is 14.6 Å². The molecule has 1 aromatic carbocycles. The number of hydrogen-bond donors (Lipinski definition) is 1. The largest absolute Gasteiger partial charge is 0.451 e. The summed E-state index contributed by atoms with van der Waals surface area (Å²) in [6, 6.07) is 8.66. The van der Waals surface area contributed by atoms with Gasteiger partial charge in [-0.05, 0) is 43.5 Å². The van der Waals surface area contributed by atoms with Crippen molar-refractivity contribution in [3.63, 3.8) is 0 Å². The second-order valence-corrected chi connectivity index (χ2v) is 6.89. The van der Waals surface area contributed by atoms with Gasteiger partial charge in [-0.25, -0.2) is 0 Å². The molecular weight excluding hydrogens is 332 g/mol.